The summed E-state index contributed by atoms with van der Waals surface area (Å²) in [5.41, 5.74) is 8.49. The Morgan fingerprint density at radius 3 is 2.78 bits per heavy atom. The van der Waals surface area contributed by atoms with E-state index < -0.39 is 0 Å². The van der Waals surface area contributed by atoms with Crippen molar-refractivity contribution in [3.8, 4) is 5.75 Å². The normalized spacial score (nSPS) is 32.1. The molecule has 0 saturated heterocycles. The first-order chi connectivity index (χ1) is 11.2. The van der Waals surface area contributed by atoms with Crippen LogP contribution in [-0.2, 0) is 11.3 Å². The molecule has 4 heteroatoms. The maximum atomic E-state index is 12.5. The van der Waals surface area contributed by atoms with Crippen molar-refractivity contribution in [2.75, 3.05) is 7.11 Å². The van der Waals surface area contributed by atoms with Crippen LogP contribution in [0.3, 0.4) is 0 Å². The van der Waals surface area contributed by atoms with Gasteiger partial charge in [-0.15, -0.1) is 0 Å². The molecule has 3 aliphatic rings. The van der Waals surface area contributed by atoms with Crippen LogP contribution in [0.5, 0.6) is 5.75 Å². The molecule has 0 bridgehead atoms. The van der Waals surface area contributed by atoms with E-state index in [0.717, 1.165) is 30.6 Å². The summed E-state index contributed by atoms with van der Waals surface area (Å²) in [4.78, 5) is 12.5. The molecule has 1 unspecified atom stereocenters. The van der Waals surface area contributed by atoms with Crippen molar-refractivity contribution in [1.29, 1.82) is 0 Å². The standard InChI is InChI=1S/C19H26N2O2/c1-23-18-5-4-12(11-2-3-11)6-15(18)10-21-19(22)14-7-13-9-17(20)16(13)8-14/h4-6,11,13-14,16-17H,2-3,7-10,20H2,1H3,(H,21,22)/t13-,14?,16-,17+/m1/s1. The van der Waals surface area contributed by atoms with Crippen LogP contribution in [0.4, 0.5) is 0 Å². The fourth-order valence-electron chi connectivity index (χ4n) is 4.43. The maximum Gasteiger partial charge on any atom is 0.223 e. The van der Waals surface area contributed by atoms with E-state index in [0.29, 0.717) is 30.3 Å². The largest absolute Gasteiger partial charge is 0.496 e. The van der Waals surface area contributed by atoms with Gasteiger partial charge in [0.2, 0.25) is 5.91 Å². The third kappa shape index (κ3) is 2.85. The number of carbonyl (C=O) groups excluding carboxylic acids is 1. The number of ether oxygens (including phenoxy) is 1. The van der Waals surface area contributed by atoms with Gasteiger partial charge in [-0.3, -0.25) is 4.79 Å². The van der Waals surface area contributed by atoms with Crippen molar-refractivity contribution in [2.24, 2.45) is 23.5 Å². The summed E-state index contributed by atoms with van der Waals surface area (Å²) in [5, 5.41) is 3.13. The van der Waals surface area contributed by atoms with Gasteiger partial charge in [-0.1, -0.05) is 12.1 Å². The molecule has 3 aliphatic carbocycles. The highest BCUT2D eigenvalue weighted by Gasteiger charge is 2.47. The van der Waals surface area contributed by atoms with Gasteiger partial charge in [0.05, 0.1) is 7.11 Å². The molecule has 1 aromatic rings. The number of benzene rings is 1. The van der Waals surface area contributed by atoms with Crippen LogP contribution < -0.4 is 15.8 Å². The molecule has 3 fully saturated rings. The molecular weight excluding hydrogens is 288 g/mol. The van der Waals surface area contributed by atoms with Crippen molar-refractivity contribution >= 4 is 5.91 Å². The Morgan fingerprint density at radius 2 is 2.13 bits per heavy atom. The minimum absolute atomic E-state index is 0.149. The Bertz CT molecular complexity index is 611. The Hall–Kier alpha value is -1.55. The van der Waals surface area contributed by atoms with Crippen molar-refractivity contribution in [2.45, 2.75) is 50.6 Å². The number of hydrogen-bond donors (Lipinski definition) is 2. The number of amides is 1. The molecule has 0 spiro atoms. The third-order valence-corrected chi connectivity index (χ3v) is 6.05. The third-order valence-electron chi connectivity index (χ3n) is 6.05. The zero-order valence-corrected chi connectivity index (χ0v) is 13.8. The molecule has 3 N–H and O–H groups in total. The summed E-state index contributed by atoms with van der Waals surface area (Å²) in [7, 11) is 1.69. The van der Waals surface area contributed by atoms with Gasteiger partial charge in [0.15, 0.2) is 0 Å². The van der Waals surface area contributed by atoms with Crippen LogP contribution in [0.15, 0.2) is 18.2 Å². The zero-order chi connectivity index (χ0) is 16.0. The lowest BCUT2D eigenvalue weighted by Crippen LogP contribution is -2.44. The fourth-order valence-corrected chi connectivity index (χ4v) is 4.43. The molecule has 1 amide bonds. The fraction of sp³-hybridized carbons (Fsp3) is 0.632. The van der Waals surface area contributed by atoms with E-state index in [-0.39, 0.29) is 11.8 Å². The van der Waals surface area contributed by atoms with Gasteiger partial charge in [-0.25, -0.2) is 0 Å². The smallest absolute Gasteiger partial charge is 0.223 e. The number of carbonyl (C=O) groups is 1. The van der Waals surface area contributed by atoms with E-state index in [1.807, 2.05) is 6.07 Å². The molecular formula is C19H26N2O2. The molecule has 124 valence electrons. The monoisotopic (exact) mass is 314 g/mol. The number of hydrogen-bond acceptors (Lipinski definition) is 3. The van der Waals surface area contributed by atoms with Crippen LogP contribution in [-0.4, -0.2) is 19.1 Å². The summed E-state index contributed by atoms with van der Waals surface area (Å²) < 4.78 is 5.45. The predicted octanol–water partition coefficient (Wildman–Crippen LogP) is 2.56. The number of rotatable bonds is 5. The van der Waals surface area contributed by atoms with Gasteiger partial charge in [-0.05, 0) is 61.5 Å². The SMILES string of the molecule is COc1ccc(C2CC2)cc1CNC(=O)C1C[C@@H]2C[C@H](N)[C@@H]2C1. The van der Waals surface area contributed by atoms with Gasteiger partial charge >= 0.3 is 0 Å². The van der Waals surface area contributed by atoms with Crippen LogP contribution in [0, 0.1) is 17.8 Å². The highest BCUT2D eigenvalue weighted by atomic mass is 16.5. The summed E-state index contributed by atoms with van der Waals surface area (Å²) in [6, 6.07) is 6.71. The molecule has 0 radical (unpaired) electrons. The molecule has 4 atom stereocenters. The van der Waals surface area contributed by atoms with E-state index in [2.05, 4.69) is 17.4 Å². The predicted molar refractivity (Wildman–Crippen MR) is 89.1 cm³/mol. The molecule has 23 heavy (non-hydrogen) atoms. The van der Waals surface area contributed by atoms with Crippen molar-refractivity contribution < 1.29 is 9.53 Å². The quantitative estimate of drug-likeness (QED) is 0.878. The van der Waals surface area contributed by atoms with Crippen LogP contribution in [0.25, 0.3) is 0 Å². The zero-order valence-electron chi connectivity index (χ0n) is 13.8. The summed E-state index contributed by atoms with van der Waals surface area (Å²) in [6.45, 7) is 0.556. The summed E-state index contributed by atoms with van der Waals surface area (Å²) in [6.07, 6.45) is 5.65. The second-order valence-corrected chi connectivity index (χ2v) is 7.56. The molecule has 0 aromatic heterocycles. The van der Waals surface area contributed by atoms with Gasteiger partial charge in [0, 0.05) is 24.1 Å². The lowest BCUT2D eigenvalue weighted by Gasteiger charge is -2.37. The van der Waals surface area contributed by atoms with Gasteiger partial charge in [0.25, 0.3) is 0 Å². The lowest BCUT2D eigenvalue weighted by atomic mass is 9.72. The number of nitrogens with two attached hydrogens (primary N) is 1. The Labute approximate surface area is 137 Å². The van der Waals surface area contributed by atoms with Crippen molar-refractivity contribution in [1.82, 2.24) is 5.32 Å². The molecule has 4 nitrogen and oxygen atoms in total. The lowest BCUT2D eigenvalue weighted by molar-refractivity contribution is -0.125. The van der Waals surface area contributed by atoms with Crippen molar-refractivity contribution in [3.63, 3.8) is 0 Å². The maximum absolute atomic E-state index is 12.5. The van der Waals surface area contributed by atoms with Crippen LogP contribution >= 0.6 is 0 Å². The number of fused-ring (bicyclic) bond motifs is 1. The minimum atomic E-state index is 0.149. The average molecular weight is 314 g/mol. The number of nitrogens with one attached hydrogen (secondary N) is 1. The highest BCUT2D eigenvalue weighted by Crippen LogP contribution is 2.48. The minimum Gasteiger partial charge on any atom is -0.496 e. The highest BCUT2D eigenvalue weighted by molar-refractivity contribution is 5.79. The van der Waals surface area contributed by atoms with Gasteiger partial charge < -0.3 is 15.8 Å². The average Bonchev–Trinajstić information content (AvgIpc) is 3.34. The Balaban J connectivity index is 1.38. The van der Waals surface area contributed by atoms with E-state index in [1.165, 1.54) is 18.4 Å². The first-order valence-electron chi connectivity index (χ1n) is 8.85. The summed E-state index contributed by atoms with van der Waals surface area (Å²) in [5.74, 6) is 3.18. The molecule has 0 heterocycles. The van der Waals surface area contributed by atoms with Crippen molar-refractivity contribution in [3.05, 3.63) is 29.3 Å². The Morgan fingerprint density at radius 1 is 1.30 bits per heavy atom. The topological polar surface area (TPSA) is 64.3 Å². The molecule has 4 rings (SSSR count). The first kappa shape index (κ1) is 15.0. The first-order valence-corrected chi connectivity index (χ1v) is 8.85. The van der Waals surface area contributed by atoms with E-state index in [4.69, 9.17) is 10.5 Å². The molecule has 0 aliphatic heterocycles. The van der Waals surface area contributed by atoms with Gasteiger partial charge in [-0.2, -0.15) is 0 Å². The number of methoxy groups -OCH3 is 1. The molecule has 3 saturated carbocycles. The second-order valence-electron chi connectivity index (χ2n) is 7.56. The van der Waals surface area contributed by atoms with Gasteiger partial charge in [0.1, 0.15) is 5.75 Å². The van der Waals surface area contributed by atoms with E-state index in [1.54, 1.807) is 7.11 Å². The second kappa shape index (κ2) is 5.82. The summed E-state index contributed by atoms with van der Waals surface area (Å²) >= 11 is 0. The Kier molecular flexibility index (Phi) is 3.80. The van der Waals surface area contributed by atoms with Crippen LogP contribution in [0.1, 0.15) is 49.1 Å². The van der Waals surface area contributed by atoms with E-state index >= 15 is 0 Å². The van der Waals surface area contributed by atoms with Crippen LogP contribution in [0.2, 0.25) is 0 Å². The van der Waals surface area contributed by atoms with E-state index in [9.17, 15) is 4.79 Å². The molecule has 1 aromatic carbocycles.